The molecule has 1 amide bonds. The highest BCUT2D eigenvalue weighted by Gasteiger charge is 2.08. The molecular formula is C19H20N2O2. The molecule has 0 saturated carbocycles. The SMILES string of the molecule is Cc1ccc(C(=O)NCCc2c[nH]c3cc(O)ccc23)cc1C. The minimum absolute atomic E-state index is 0.0504. The van der Waals surface area contributed by atoms with Crippen molar-refractivity contribution in [1.82, 2.24) is 10.3 Å². The molecule has 3 N–H and O–H groups in total. The molecule has 3 aromatic rings. The second-order valence-corrected chi connectivity index (χ2v) is 5.85. The number of phenols is 1. The summed E-state index contributed by atoms with van der Waals surface area (Å²) in [6.45, 7) is 4.61. The highest BCUT2D eigenvalue weighted by Crippen LogP contribution is 2.22. The average Bonchev–Trinajstić information content (AvgIpc) is 2.92. The topological polar surface area (TPSA) is 65.1 Å². The van der Waals surface area contributed by atoms with Crippen molar-refractivity contribution in [2.45, 2.75) is 20.3 Å². The number of fused-ring (bicyclic) bond motifs is 1. The van der Waals surface area contributed by atoms with Crippen molar-refractivity contribution >= 4 is 16.8 Å². The Balaban J connectivity index is 1.64. The molecule has 0 bridgehead atoms. The van der Waals surface area contributed by atoms with E-state index in [4.69, 9.17) is 0 Å². The average molecular weight is 308 g/mol. The van der Waals surface area contributed by atoms with Crippen LogP contribution in [0.4, 0.5) is 0 Å². The molecule has 1 heterocycles. The van der Waals surface area contributed by atoms with Gasteiger partial charge in [0.25, 0.3) is 5.91 Å². The molecule has 4 nitrogen and oxygen atoms in total. The fourth-order valence-corrected chi connectivity index (χ4v) is 2.68. The Morgan fingerprint density at radius 2 is 1.96 bits per heavy atom. The van der Waals surface area contributed by atoms with Gasteiger partial charge in [-0.1, -0.05) is 6.07 Å². The first-order valence-corrected chi connectivity index (χ1v) is 7.69. The van der Waals surface area contributed by atoms with Crippen LogP contribution in [-0.2, 0) is 6.42 Å². The number of aromatic hydroxyl groups is 1. The highest BCUT2D eigenvalue weighted by atomic mass is 16.3. The van der Waals surface area contributed by atoms with Gasteiger partial charge in [0.15, 0.2) is 0 Å². The van der Waals surface area contributed by atoms with Gasteiger partial charge in [-0.2, -0.15) is 0 Å². The number of aromatic amines is 1. The summed E-state index contributed by atoms with van der Waals surface area (Å²) in [4.78, 5) is 15.3. The smallest absolute Gasteiger partial charge is 0.251 e. The van der Waals surface area contributed by atoms with Crippen molar-refractivity contribution in [2.75, 3.05) is 6.54 Å². The second kappa shape index (κ2) is 6.16. The van der Waals surface area contributed by atoms with Gasteiger partial charge >= 0.3 is 0 Å². The number of carbonyl (C=O) groups excluding carboxylic acids is 1. The lowest BCUT2D eigenvalue weighted by Gasteiger charge is -2.07. The van der Waals surface area contributed by atoms with Gasteiger partial charge in [-0.3, -0.25) is 4.79 Å². The third-order valence-electron chi connectivity index (χ3n) is 4.20. The lowest BCUT2D eigenvalue weighted by atomic mass is 10.1. The molecule has 0 fully saturated rings. The Morgan fingerprint density at radius 3 is 2.74 bits per heavy atom. The Labute approximate surface area is 135 Å². The van der Waals surface area contributed by atoms with E-state index in [1.54, 1.807) is 12.1 Å². The summed E-state index contributed by atoms with van der Waals surface area (Å²) in [5.41, 5.74) is 5.02. The minimum atomic E-state index is -0.0504. The van der Waals surface area contributed by atoms with Gasteiger partial charge in [-0.25, -0.2) is 0 Å². The summed E-state index contributed by atoms with van der Waals surface area (Å²) in [6.07, 6.45) is 2.66. The van der Waals surface area contributed by atoms with Gasteiger partial charge in [0.2, 0.25) is 0 Å². The number of hydrogen-bond acceptors (Lipinski definition) is 2. The van der Waals surface area contributed by atoms with Crippen LogP contribution < -0.4 is 5.32 Å². The molecule has 1 aromatic heterocycles. The largest absolute Gasteiger partial charge is 0.508 e. The summed E-state index contributed by atoms with van der Waals surface area (Å²) >= 11 is 0. The first-order valence-electron chi connectivity index (χ1n) is 7.69. The van der Waals surface area contributed by atoms with Crippen LogP contribution in [0.5, 0.6) is 5.75 Å². The Bertz CT molecular complexity index is 865. The van der Waals surface area contributed by atoms with E-state index in [2.05, 4.69) is 10.3 Å². The molecule has 2 aromatic carbocycles. The maximum Gasteiger partial charge on any atom is 0.251 e. The van der Waals surface area contributed by atoms with Gasteiger partial charge in [0.05, 0.1) is 0 Å². The fourth-order valence-electron chi connectivity index (χ4n) is 2.68. The molecule has 118 valence electrons. The van der Waals surface area contributed by atoms with Crippen LogP contribution >= 0.6 is 0 Å². The molecule has 0 saturated heterocycles. The van der Waals surface area contributed by atoms with E-state index < -0.39 is 0 Å². The van der Waals surface area contributed by atoms with Crippen molar-refractivity contribution in [3.05, 3.63) is 64.8 Å². The second-order valence-electron chi connectivity index (χ2n) is 5.85. The summed E-state index contributed by atoms with van der Waals surface area (Å²) in [6, 6.07) is 11.0. The molecule has 0 atom stereocenters. The van der Waals surface area contributed by atoms with Crippen molar-refractivity contribution < 1.29 is 9.90 Å². The van der Waals surface area contributed by atoms with E-state index >= 15 is 0 Å². The first-order chi connectivity index (χ1) is 11.0. The zero-order chi connectivity index (χ0) is 16.4. The predicted octanol–water partition coefficient (Wildman–Crippen LogP) is 3.46. The maximum absolute atomic E-state index is 12.2. The lowest BCUT2D eigenvalue weighted by Crippen LogP contribution is -2.25. The van der Waals surface area contributed by atoms with E-state index in [1.807, 2.05) is 44.3 Å². The molecule has 0 aliphatic heterocycles. The molecule has 0 aliphatic carbocycles. The van der Waals surface area contributed by atoms with Gasteiger partial charge in [0.1, 0.15) is 5.75 Å². The Hall–Kier alpha value is -2.75. The molecule has 0 aliphatic rings. The van der Waals surface area contributed by atoms with Crippen LogP contribution in [0.15, 0.2) is 42.6 Å². The number of phenolic OH excluding ortho intramolecular Hbond substituents is 1. The zero-order valence-electron chi connectivity index (χ0n) is 13.3. The quantitative estimate of drug-likeness (QED) is 0.691. The van der Waals surface area contributed by atoms with Crippen molar-refractivity contribution in [3.8, 4) is 5.75 Å². The first kappa shape index (κ1) is 15.2. The molecular weight excluding hydrogens is 288 g/mol. The van der Waals surface area contributed by atoms with Crippen molar-refractivity contribution in [2.24, 2.45) is 0 Å². The van der Waals surface area contributed by atoms with Crippen LogP contribution in [0.2, 0.25) is 0 Å². The van der Waals surface area contributed by atoms with Crippen LogP contribution in [0.1, 0.15) is 27.0 Å². The van der Waals surface area contributed by atoms with Crippen LogP contribution in [0.25, 0.3) is 10.9 Å². The van der Waals surface area contributed by atoms with Crippen molar-refractivity contribution in [3.63, 3.8) is 0 Å². The molecule has 4 heteroatoms. The Morgan fingerprint density at radius 1 is 1.13 bits per heavy atom. The Kier molecular flexibility index (Phi) is 4.06. The number of aromatic nitrogens is 1. The number of amides is 1. The summed E-state index contributed by atoms with van der Waals surface area (Å²) < 4.78 is 0. The van der Waals surface area contributed by atoms with Gasteiger partial charge in [0, 0.05) is 35.3 Å². The van der Waals surface area contributed by atoms with Gasteiger partial charge < -0.3 is 15.4 Å². The maximum atomic E-state index is 12.2. The van der Waals surface area contributed by atoms with Gasteiger partial charge in [-0.15, -0.1) is 0 Å². The zero-order valence-corrected chi connectivity index (χ0v) is 13.3. The lowest BCUT2D eigenvalue weighted by molar-refractivity contribution is 0.0954. The molecule has 0 unspecified atom stereocenters. The molecule has 0 spiro atoms. The number of nitrogens with one attached hydrogen (secondary N) is 2. The fraction of sp³-hybridized carbons (Fsp3) is 0.211. The predicted molar refractivity (Wildman–Crippen MR) is 91.9 cm³/mol. The normalized spacial score (nSPS) is 10.9. The van der Waals surface area contributed by atoms with Crippen LogP contribution in [0, 0.1) is 13.8 Å². The summed E-state index contributed by atoms with van der Waals surface area (Å²) in [5.74, 6) is 0.194. The third-order valence-corrected chi connectivity index (χ3v) is 4.20. The van der Waals surface area contributed by atoms with E-state index in [0.717, 1.165) is 28.5 Å². The van der Waals surface area contributed by atoms with E-state index in [-0.39, 0.29) is 11.7 Å². The number of rotatable bonds is 4. The molecule has 0 radical (unpaired) electrons. The molecule has 3 rings (SSSR count). The van der Waals surface area contributed by atoms with E-state index in [9.17, 15) is 9.90 Å². The number of aryl methyl sites for hydroxylation is 2. The highest BCUT2D eigenvalue weighted by molar-refractivity contribution is 5.94. The number of benzene rings is 2. The number of hydrogen-bond donors (Lipinski definition) is 3. The van der Waals surface area contributed by atoms with Crippen LogP contribution in [-0.4, -0.2) is 22.5 Å². The monoisotopic (exact) mass is 308 g/mol. The van der Waals surface area contributed by atoms with E-state index in [1.165, 1.54) is 5.56 Å². The summed E-state index contributed by atoms with van der Waals surface area (Å²) in [7, 11) is 0. The standard InChI is InChI=1S/C19H20N2O2/c1-12-3-4-14(9-13(12)2)19(23)20-8-7-15-11-21-18-10-16(22)5-6-17(15)18/h3-6,9-11,21-22H,7-8H2,1-2H3,(H,20,23). The van der Waals surface area contributed by atoms with E-state index in [0.29, 0.717) is 12.1 Å². The van der Waals surface area contributed by atoms with Crippen LogP contribution in [0.3, 0.4) is 0 Å². The van der Waals surface area contributed by atoms with Gasteiger partial charge in [-0.05, 0) is 61.2 Å². The van der Waals surface area contributed by atoms with Crippen molar-refractivity contribution in [1.29, 1.82) is 0 Å². The number of carbonyl (C=O) groups is 1. The minimum Gasteiger partial charge on any atom is -0.508 e. The number of H-pyrrole nitrogens is 1. The third kappa shape index (κ3) is 3.21. The summed E-state index contributed by atoms with van der Waals surface area (Å²) in [5, 5.41) is 13.5. The molecule has 23 heavy (non-hydrogen) atoms.